The van der Waals surface area contributed by atoms with Crippen LogP contribution in [0, 0.1) is 34.5 Å². The van der Waals surface area contributed by atoms with Gasteiger partial charge in [-0.1, -0.05) is 33.3 Å². The van der Waals surface area contributed by atoms with E-state index in [0.717, 1.165) is 51.0 Å². The van der Waals surface area contributed by atoms with Crippen LogP contribution in [0.5, 0.6) is 0 Å². The first-order chi connectivity index (χ1) is 13.3. The van der Waals surface area contributed by atoms with Crippen LogP contribution in [-0.4, -0.2) is 29.7 Å². The van der Waals surface area contributed by atoms with Crippen molar-refractivity contribution in [2.75, 3.05) is 6.61 Å². The Bertz CT molecular complexity index is 638. The first-order valence-electron chi connectivity index (χ1n) is 11.8. The SMILES string of the molecule is CC(C)CCCOC1CC[C@H]2[C@@H]3C(=O)C=C4CC(O)CC[C@]4(C)[C@@H]3CC[C@]12C. The van der Waals surface area contributed by atoms with Gasteiger partial charge in [0, 0.05) is 12.5 Å². The van der Waals surface area contributed by atoms with Crippen molar-refractivity contribution in [2.24, 2.45) is 34.5 Å². The summed E-state index contributed by atoms with van der Waals surface area (Å²) in [5, 5.41) is 10.1. The second-order valence-corrected chi connectivity index (χ2v) is 11.1. The highest BCUT2D eigenvalue weighted by atomic mass is 16.5. The molecule has 0 heterocycles. The highest BCUT2D eigenvalue weighted by molar-refractivity contribution is 5.94. The summed E-state index contributed by atoms with van der Waals surface area (Å²) in [5.41, 5.74) is 1.51. The molecule has 3 heteroatoms. The van der Waals surface area contributed by atoms with Crippen molar-refractivity contribution in [3.05, 3.63) is 11.6 Å². The quantitative estimate of drug-likeness (QED) is 0.649. The van der Waals surface area contributed by atoms with Gasteiger partial charge in [0.25, 0.3) is 0 Å². The van der Waals surface area contributed by atoms with E-state index < -0.39 is 0 Å². The first kappa shape index (κ1) is 20.6. The maximum absolute atomic E-state index is 13.3. The van der Waals surface area contributed by atoms with Crippen molar-refractivity contribution in [3.63, 3.8) is 0 Å². The summed E-state index contributed by atoms with van der Waals surface area (Å²) in [5.74, 6) is 2.19. The van der Waals surface area contributed by atoms with Crippen molar-refractivity contribution < 1.29 is 14.6 Å². The molecule has 0 radical (unpaired) electrons. The molecular formula is C25H40O3. The van der Waals surface area contributed by atoms with Gasteiger partial charge in [-0.15, -0.1) is 0 Å². The molecule has 0 aromatic carbocycles. The monoisotopic (exact) mass is 388 g/mol. The molecule has 3 fully saturated rings. The molecule has 0 aromatic rings. The Kier molecular flexibility index (Phi) is 5.55. The minimum Gasteiger partial charge on any atom is -0.393 e. The predicted molar refractivity (Wildman–Crippen MR) is 112 cm³/mol. The van der Waals surface area contributed by atoms with Crippen molar-refractivity contribution in [3.8, 4) is 0 Å². The zero-order chi connectivity index (χ0) is 20.1. The molecule has 158 valence electrons. The summed E-state index contributed by atoms with van der Waals surface area (Å²) >= 11 is 0. The number of aliphatic hydroxyl groups is 1. The fourth-order valence-corrected chi connectivity index (χ4v) is 7.33. The first-order valence-corrected chi connectivity index (χ1v) is 11.8. The van der Waals surface area contributed by atoms with E-state index in [4.69, 9.17) is 4.74 Å². The van der Waals surface area contributed by atoms with E-state index in [2.05, 4.69) is 27.7 Å². The van der Waals surface area contributed by atoms with Crippen molar-refractivity contribution in [1.82, 2.24) is 0 Å². The number of carbonyl (C=O) groups excluding carboxylic acids is 1. The number of hydrogen-bond donors (Lipinski definition) is 1. The number of aliphatic hydroxyl groups excluding tert-OH is 1. The minimum atomic E-state index is -0.257. The largest absolute Gasteiger partial charge is 0.393 e. The number of hydrogen-bond acceptors (Lipinski definition) is 3. The van der Waals surface area contributed by atoms with Crippen molar-refractivity contribution in [1.29, 1.82) is 0 Å². The Hall–Kier alpha value is -0.670. The summed E-state index contributed by atoms with van der Waals surface area (Å²) < 4.78 is 6.43. The Labute approximate surface area is 171 Å². The van der Waals surface area contributed by atoms with Crippen LogP contribution >= 0.6 is 0 Å². The van der Waals surface area contributed by atoms with Gasteiger partial charge in [0.1, 0.15) is 0 Å². The molecule has 3 saturated carbocycles. The third kappa shape index (κ3) is 3.31. The van der Waals surface area contributed by atoms with Gasteiger partial charge in [0.2, 0.25) is 0 Å². The van der Waals surface area contributed by atoms with E-state index in [1.54, 1.807) is 0 Å². The molecular weight excluding hydrogens is 348 g/mol. The molecule has 0 aliphatic heterocycles. The zero-order valence-electron chi connectivity index (χ0n) is 18.4. The molecule has 0 aromatic heterocycles. The van der Waals surface area contributed by atoms with E-state index in [9.17, 15) is 9.90 Å². The van der Waals surface area contributed by atoms with E-state index >= 15 is 0 Å². The van der Waals surface area contributed by atoms with E-state index in [-0.39, 0.29) is 22.9 Å². The zero-order valence-corrected chi connectivity index (χ0v) is 18.4. The maximum atomic E-state index is 13.3. The number of allylic oxidation sites excluding steroid dienone is 1. The summed E-state index contributed by atoms with van der Waals surface area (Å²) in [6.45, 7) is 10.2. The Balaban J connectivity index is 1.51. The number of carbonyl (C=O) groups is 1. The number of rotatable bonds is 5. The molecule has 4 rings (SSSR count). The maximum Gasteiger partial charge on any atom is 0.159 e. The van der Waals surface area contributed by atoms with Crippen LogP contribution in [0.1, 0.15) is 85.5 Å². The van der Waals surface area contributed by atoms with Crippen LogP contribution in [-0.2, 0) is 9.53 Å². The smallest absolute Gasteiger partial charge is 0.159 e. The molecule has 2 unspecified atom stereocenters. The molecule has 0 amide bonds. The van der Waals surface area contributed by atoms with Crippen LogP contribution in [0.2, 0.25) is 0 Å². The highest BCUT2D eigenvalue weighted by Gasteiger charge is 2.61. The van der Waals surface area contributed by atoms with Crippen molar-refractivity contribution in [2.45, 2.75) is 97.7 Å². The fourth-order valence-electron chi connectivity index (χ4n) is 7.33. The van der Waals surface area contributed by atoms with Crippen molar-refractivity contribution >= 4 is 5.78 Å². The van der Waals surface area contributed by atoms with Gasteiger partial charge in [-0.3, -0.25) is 4.79 Å². The van der Waals surface area contributed by atoms with Gasteiger partial charge in [-0.25, -0.2) is 0 Å². The third-order valence-corrected chi connectivity index (χ3v) is 9.08. The van der Waals surface area contributed by atoms with Crippen LogP contribution < -0.4 is 0 Å². The molecule has 28 heavy (non-hydrogen) atoms. The average molecular weight is 389 g/mol. The lowest BCUT2D eigenvalue weighted by Crippen LogP contribution is -2.54. The Morgan fingerprint density at radius 1 is 1.14 bits per heavy atom. The summed E-state index contributed by atoms with van der Waals surface area (Å²) in [6.07, 6.45) is 11.6. The topological polar surface area (TPSA) is 46.5 Å². The van der Waals surface area contributed by atoms with Gasteiger partial charge in [0.15, 0.2) is 5.78 Å². The number of ketones is 1. The van der Waals surface area contributed by atoms with Crippen LogP contribution in [0.4, 0.5) is 0 Å². The van der Waals surface area contributed by atoms with E-state index in [1.165, 1.54) is 18.4 Å². The van der Waals surface area contributed by atoms with Crippen LogP contribution in [0.15, 0.2) is 11.6 Å². The third-order valence-electron chi connectivity index (χ3n) is 9.08. The average Bonchev–Trinajstić information content (AvgIpc) is 2.96. The normalized spacial score (nSPS) is 45.4. The minimum absolute atomic E-state index is 0.120. The Morgan fingerprint density at radius 3 is 2.68 bits per heavy atom. The second kappa shape index (κ2) is 7.54. The van der Waals surface area contributed by atoms with E-state index in [0.29, 0.717) is 30.1 Å². The molecule has 0 spiro atoms. The van der Waals surface area contributed by atoms with Gasteiger partial charge in [-0.05, 0) is 92.4 Å². The van der Waals surface area contributed by atoms with Crippen LogP contribution in [0.25, 0.3) is 0 Å². The molecule has 4 aliphatic carbocycles. The summed E-state index contributed by atoms with van der Waals surface area (Å²) in [6, 6.07) is 0. The molecule has 3 nitrogen and oxygen atoms in total. The molecule has 0 saturated heterocycles. The van der Waals surface area contributed by atoms with Gasteiger partial charge < -0.3 is 9.84 Å². The summed E-state index contributed by atoms with van der Waals surface area (Å²) in [7, 11) is 0. The predicted octanol–water partition coefficient (Wildman–Crippen LogP) is 5.31. The lowest BCUT2D eigenvalue weighted by Gasteiger charge is -2.56. The number of fused-ring (bicyclic) bond motifs is 5. The molecule has 4 aliphatic rings. The lowest BCUT2D eigenvalue weighted by molar-refractivity contribution is -0.138. The molecule has 7 atom stereocenters. The standard InChI is InChI=1S/C25H40O3/c1-16(2)6-5-13-28-22-8-7-19-23-20(10-12-25(19,22)4)24(3)11-9-18(26)14-17(24)15-21(23)27/h15-16,18-20,22-23,26H,5-14H2,1-4H3/t18?,19-,20+,22?,23-,24-,25-/m0/s1. The van der Waals surface area contributed by atoms with E-state index in [1.807, 2.05) is 6.08 Å². The fraction of sp³-hybridized carbons (Fsp3) is 0.880. The van der Waals surface area contributed by atoms with Gasteiger partial charge >= 0.3 is 0 Å². The van der Waals surface area contributed by atoms with Gasteiger partial charge in [0.05, 0.1) is 12.2 Å². The summed E-state index contributed by atoms with van der Waals surface area (Å²) in [4.78, 5) is 13.3. The lowest BCUT2D eigenvalue weighted by atomic mass is 9.47. The van der Waals surface area contributed by atoms with Crippen LogP contribution in [0.3, 0.4) is 0 Å². The van der Waals surface area contributed by atoms with Gasteiger partial charge in [-0.2, -0.15) is 0 Å². The number of ether oxygens (including phenoxy) is 1. The Morgan fingerprint density at radius 2 is 1.93 bits per heavy atom. The molecule has 0 bridgehead atoms. The molecule has 1 N–H and O–H groups in total. The highest BCUT2D eigenvalue weighted by Crippen LogP contribution is 2.64. The second-order valence-electron chi connectivity index (χ2n) is 11.1.